The minimum Gasteiger partial charge on any atom is -0.496 e. The van der Waals surface area contributed by atoms with Crippen molar-refractivity contribution in [3.05, 3.63) is 32.8 Å². The van der Waals surface area contributed by atoms with Crippen molar-refractivity contribution < 1.29 is 4.74 Å². The molecule has 1 aromatic heterocycles. The van der Waals surface area contributed by atoms with E-state index >= 15 is 0 Å². The van der Waals surface area contributed by atoms with Gasteiger partial charge in [0.05, 0.1) is 22.8 Å². The van der Waals surface area contributed by atoms with Crippen molar-refractivity contribution in [2.75, 3.05) is 19.5 Å². The first kappa shape index (κ1) is 16.2. The first-order valence-corrected chi connectivity index (χ1v) is 8.15. The van der Waals surface area contributed by atoms with Gasteiger partial charge in [-0.25, -0.2) is 9.97 Å². The molecular weight excluding hydrogens is 398 g/mol. The van der Waals surface area contributed by atoms with Gasteiger partial charge in [-0.15, -0.1) is 0 Å². The summed E-state index contributed by atoms with van der Waals surface area (Å²) in [4.78, 5) is 9.29. The van der Waals surface area contributed by atoms with Crippen LogP contribution in [-0.2, 0) is 0 Å². The fraction of sp³-hybridized carbons (Fsp3) is 0.333. The van der Waals surface area contributed by atoms with Crippen LogP contribution in [0.4, 0.5) is 5.82 Å². The molecule has 0 radical (unpaired) electrons. The molecule has 0 spiro atoms. The maximum absolute atomic E-state index is 5.43. The lowest BCUT2D eigenvalue weighted by atomic mass is 10.1. The quantitative estimate of drug-likeness (QED) is 0.777. The summed E-state index contributed by atoms with van der Waals surface area (Å²) in [5, 5.41) is 3.10. The predicted octanol–water partition coefficient (Wildman–Crippen LogP) is 4.84. The van der Waals surface area contributed by atoms with E-state index in [9.17, 15) is 0 Å². The number of ether oxygens (including phenoxy) is 1. The molecule has 2 rings (SSSR count). The van der Waals surface area contributed by atoms with Gasteiger partial charge in [0.2, 0.25) is 0 Å². The molecular formula is C15H17Br2N3O. The van der Waals surface area contributed by atoms with E-state index in [0.717, 1.165) is 31.8 Å². The van der Waals surface area contributed by atoms with E-state index in [1.165, 1.54) is 0 Å². The smallest absolute Gasteiger partial charge is 0.165 e. The van der Waals surface area contributed by atoms with Crippen LogP contribution in [0.15, 0.2) is 27.1 Å². The highest BCUT2D eigenvalue weighted by Crippen LogP contribution is 2.35. The first-order valence-electron chi connectivity index (χ1n) is 6.57. The van der Waals surface area contributed by atoms with Crippen LogP contribution in [0.1, 0.15) is 25.5 Å². The number of anilines is 1. The number of methoxy groups -OCH3 is 1. The Hall–Kier alpha value is -1.14. The zero-order valence-corrected chi connectivity index (χ0v) is 15.5. The van der Waals surface area contributed by atoms with Gasteiger partial charge in [-0.1, -0.05) is 29.8 Å². The van der Waals surface area contributed by atoms with Gasteiger partial charge in [-0.3, -0.25) is 0 Å². The molecule has 4 nitrogen and oxygen atoms in total. The van der Waals surface area contributed by atoms with E-state index in [2.05, 4.69) is 56.0 Å². The van der Waals surface area contributed by atoms with Gasteiger partial charge in [0.25, 0.3) is 0 Å². The Morgan fingerprint density at radius 3 is 2.48 bits per heavy atom. The highest BCUT2D eigenvalue weighted by Gasteiger charge is 2.17. The number of aromatic nitrogens is 2. The lowest BCUT2D eigenvalue weighted by Gasteiger charge is -2.15. The lowest BCUT2D eigenvalue weighted by molar-refractivity contribution is 0.416. The van der Waals surface area contributed by atoms with Crippen LogP contribution in [0.25, 0.3) is 11.4 Å². The molecule has 1 heterocycles. The molecule has 1 aromatic carbocycles. The van der Waals surface area contributed by atoms with Crippen molar-refractivity contribution in [3.63, 3.8) is 0 Å². The van der Waals surface area contributed by atoms with Gasteiger partial charge in [-0.2, -0.15) is 0 Å². The van der Waals surface area contributed by atoms with Gasteiger partial charge in [-0.05, 0) is 40.0 Å². The number of benzene rings is 1. The number of rotatable bonds is 4. The van der Waals surface area contributed by atoms with Crippen LogP contribution in [0.3, 0.4) is 0 Å². The molecule has 0 aliphatic rings. The Bertz CT molecular complexity index is 660. The van der Waals surface area contributed by atoms with E-state index in [1.807, 2.05) is 25.2 Å². The molecule has 0 aliphatic carbocycles. The Morgan fingerprint density at radius 1 is 1.19 bits per heavy atom. The highest BCUT2D eigenvalue weighted by molar-refractivity contribution is 9.11. The molecule has 0 amide bonds. The van der Waals surface area contributed by atoms with E-state index in [0.29, 0.717) is 5.82 Å². The summed E-state index contributed by atoms with van der Waals surface area (Å²) in [5.41, 5.74) is 1.82. The summed E-state index contributed by atoms with van der Waals surface area (Å²) < 4.78 is 7.29. The summed E-state index contributed by atoms with van der Waals surface area (Å²) in [5.74, 6) is 2.44. The number of hydrogen-bond donors (Lipinski definition) is 1. The number of halogens is 2. The molecule has 0 saturated carbocycles. The monoisotopic (exact) mass is 413 g/mol. The minimum atomic E-state index is 0.284. The van der Waals surface area contributed by atoms with Crippen LogP contribution in [0.5, 0.6) is 5.75 Å². The standard InChI is InChI=1S/C15H17Br2N3O/c1-8(2)13-12(17)15(18-3)20-14(19-13)10-7-9(16)5-6-11(10)21-4/h5-8H,1-4H3,(H,18,19,20). The zero-order chi connectivity index (χ0) is 15.6. The van der Waals surface area contributed by atoms with Crippen LogP contribution >= 0.6 is 31.9 Å². The average molecular weight is 415 g/mol. The third-order valence-corrected chi connectivity index (χ3v) is 4.34. The normalized spacial score (nSPS) is 10.8. The van der Waals surface area contributed by atoms with Crippen LogP contribution in [0.2, 0.25) is 0 Å². The van der Waals surface area contributed by atoms with Crippen molar-refractivity contribution in [2.45, 2.75) is 19.8 Å². The molecule has 1 N–H and O–H groups in total. The van der Waals surface area contributed by atoms with Crippen molar-refractivity contribution in [1.29, 1.82) is 0 Å². The van der Waals surface area contributed by atoms with E-state index < -0.39 is 0 Å². The molecule has 0 aliphatic heterocycles. The minimum absolute atomic E-state index is 0.284. The van der Waals surface area contributed by atoms with E-state index in [1.54, 1.807) is 7.11 Å². The molecule has 0 unspecified atom stereocenters. The van der Waals surface area contributed by atoms with Gasteiger partial charge in [0.15, 0.2) is 5.82 Å². The molecule has 21 heavy (non-hydrogen) atoms. The van der Waals surface area contributed by atoms with Crippen molar-refractivity contribution in [1.82, 2.24) is 9.97 Å². The van der Waals surface area contributed by atoms with Crippen LogP contribution in [0, 0.1) is 0 Å². The topological polar surface area (TPSA) is 47.0 Å². The van der Waals surface area contributed by atoms with Crippen molar-refractivity contribution in [3.8, 4) is 17.1 Å². The van der Waals surface area contributed by atoms with Gasteiger partial charge < -0.3 is 10.1 Å². The SMILES string of the molecule is CNc1nc(-c2cc(Br)ccc2OC)nc(C(C)C)c1Br. The Labute approximate surface area is 141 Å². The van der Waals surface area contributed by atoms with Crippen molar-refractivity contribution in [2.24, 2.45) is 0 Å². The fourth-order valence-electron chi connectivity index (χ4n) is 1.99. The third-order valence-electron chi connectivity index (χ3n) is 3.06. The molecule has 6 heteroatoms. The average Bonchev–Trinajstić information content (AvgIpc) is 2.47. The summed E-state index contributed by atoms with van der Waals surface area (Å²) in [6.07, 6.45) is 0. The fourth-order valence-corrected chi connectivity index (χ4v) is 3.18. The maximum atomic E-state index is 5.43. The lowest BCUT2D eigenvalue weighted by Crippen LogP contribution is -2.05. The second-order valence-corrected chi connectivity index (χ2v) is 6.55. The second-order valence-electron chi connectivity index (χ2n) is 4.84. The van der Waals surface area contributed by atoms with E-state index in [4.69, 9.17) is 9.72 Å². The van der Waals surface area contributed by atoms with Gasteiger partial charge in [0.1, 0.15) is 11.6 Å². The molecule has 0 bridgehead atoms. The highest BCUT2D eigenvalue weighted by atomic mass is 79.9. The second kappa shape index (κ2) is 6.75. The first-order chi connectivity index (χ1) is 9.97. The Kier molecular flexibility index (Phi) is 5.22. The summed E-state index contributed by atoms with van der Waals surface area (Å²) in [6.45, 7) is 4.21. The summed E-state index contributed by atoms with van der Waals surface area (Å²) >= 11 is 7.06. The zero-order valence-electron chi connectivity index (χ0n) is 12.4. The molecule has 0 atom stereocenters. The summed E-state index contributed by atoms with van der Waals surface area (Å²) in [6, 6.07) is 5.80. The van der Waals surface area contributed by atoms with Crippen LogP contribution in [-0.4, -0.2) is 24.1 Å². The number of nitrogens with one attached hydrogen (secondary N) is 1. The maximum Gasteiger partial charge on any atom is 0.165 e. The van der Waals surface area contributed by atoms with Gasteiger partial charge >= 0.3 is 0 Å². The molecule has 112 valence electrons. The summed E-state index contributed by atoms with van der Waals surface area (Å²) in [7, 11) is 3.49. The Morgan fingerprint density at radius 2 is 1.90 bits per heavy atom. The van der Waals surface area contributed by atoms with Crippen LogP contribution < -0.4 is 10.1 Å². The number of hydrogen-bond acceptors (Lipinski definition) is 4. The third kappa shape index (κ3) is 3.37. The van der Waals surface area contributed by atoms with Crippen molar-refractivity contribution >= 4 is 37.7 Å². The molecule has 0 fully saturated rings. The Balaban J connectivity index is 2.69. The predicted molar refractivity (Wildman–Crippen MR) is 93.1 cm³/mol. The number of nitrogens with zero attached hydrogens (tertiary/aromatic N) is 2. The largest absolute Gasteiger partial charge is 0.496 e. The molecule has 2 aromatic rings. The van der Waals surface area contributed by atoms with E-state index in [-0.39, 0.29) is 5.92 Å². The molecule has 0 saturated heterocycles. The van der Waals surface area contributed by atoms with Gasteiger partial charge in [0, 0.05) is 11.5 Å².